The summed E-state index contributed by atoms with van der Waals surface area (Å²) < 4.78 is 42.1. The molecule has 0 radical (unpaired) electrons. The number of hydrogen-bond donors (Lipinski definition) is 1. The molecule has 0 saturated carbocycles. The van der Waals surface area contributed by atoms with Gasteiger partial charge in [-0.25, -0.2) is 8.42 Å². The Morgan fingerprint density at radius 3 is 2.71 bits per heavy atom. The smallest absolute Gasteiger partial charge is 0.246 e. The van der Waals surface area contributed by atoms with Crippen LogP contribution in [0.25, 0.3) is 11.4 Å². The molecular formula is C21H24N4O5S. The number of methoxy groups -OCH3 is 2. The Morgan fingerprint density at radius 2 is 1.97 bits per heavy atom. The van der Waals surface area contributed by atoms with Crippen LogP contribution in [-0.2, 0) is 23.0 Å². The molecule has 1 N–H and O–H groups in total. The van der Waals surface area contributed by atoms with Gasteiger partial charge in [0.1, 0.15) is 0 Å². The minimum absolute atomic E-state index is 0.426. The van der Waals surface area contributed by atoms with Gasteiger partial charge in [0.25, 0.3) is 0 Å². The molecule has 1 aliphatic heterocycles. The predicted octanol–water partition coefficient (Wildman–Crippen LogP) is 3.08. The first kappa shape index (κ1) is 21.0. The number of fused-ring (bicyclic) bond motifs is 1. The summed E-state index contributed by atoms with van der Waals surface area (Å²) in [5, 5.41) is 4.10. The molecule has 3 aromatic rings. The summed E-state index contributed by atoms with van der Waals surface area (Å²) in [6, 6.07) is 11.0. The van der Waals surface area contributed by atoms with Crippen LogP contribution in [0.5, 0.6) is 11.5 Å². The molecule has 4 rings (SSSR count). The third-order valence-electron chi connectivity index (χ3n) is 5.08. The molecule has 1 aliphatic rings. The molecule has 10 heteroatoms. The number of hydrogen-bond acceptors (Lipinski definition) is 8. The molecule has 1 aromatic heterocycles. The molecule has 164 valence electrons. The lowest BCUT2D eigenvalue weighted by atomic mass is 10.00. The first-order valence-electron chi connectivity index (χ1n) is 9.77. The van der Waals surface area contributed by atoms with Gasteiger partial charge in [-0.2, -0.15) is 4.98 Å². The number of nitrogens with zero attached hydrogens (tertiary/aromatic N) is 3. The van der Waals surface area contributed by atoms with Crippen LogP contribution in [0.3, 0.4) is 0 Å². The van der Waals surface area contributed by atoms with Crippen molar-refractivity contribution in [1.82, 2.24) is 10.1 Å². The van der Waals surface area contributed by atoms with Crippen molar-refractivity contribution < 1.29 is 22.4 Å². The zero-order valence-electron chi connectivity index (χ0n) is 17.6. The topological polar surface area (TPSA) is 107 Å². The third kappa shape index (κ3) is 4.58. The van der Waals surface area contributed by atoms with E-state index in [2.05, 4.69) is 19.8 Å². The number of rotatable bonds is 7. The molecule has 31 heavy (non-hydrogen) atoms. The van der Waals surface area contributed by atoms with Gasteiger partial charge < -0.3 is 18.9 Å². The quantitative estimate of drug-likeness (QED) is 0.593. The van der Waals surface area contributed by atoms with Crippen molar-refractivity contribution in [2.45, 2.75) is 19.4 Å². The molecule has 0 aliphatic carbocycles. The van der Waals surface area contributed by atoms with E-state index < -0.39 is 10.0 Å². The van der Waals surface area contributed by atoms with Crippen molar-refractivity contribution in [1.29, 1.82) is 0 Å². The summed E-state index contributed by atoms with van der Waals surface area (Å²) in [6.07, 6.45) is 2.85. The maximum absolute atomic E-state index is 11.7. The Kier molecular flexibility index (Phi) is 5.73. The largest absolute Gasteiger partial charge is 0.493 e. The summed E-state index contributed by atoms with van der Waals surface area (Å²) in [5.74, 6) is 2.14. The molecule has 0 spiro atoms. The van der Waals surface area contributed by atoms with Crippen molar-refractivity contribution in [3.05, 3.63) is 47.9 Å². The van der Waals surface area contributed by atoms with Crippen LogP contribution >= 0.6 is 0 Å². The van der Waals surface area contributed by atoms with Crippen molar-refractivity contribution >= 4 is 21.4 Å². The second-order valence-electron chi connectivity index (χ2n) is 7.28. The van der Waals surface area contributed by atoms with Crippen molar-refractivity contribution in [2.24, 2.45) is 0 Å². The lowest BCUT2D eigenvalue weighted by molar-refractivity contribution is 0.355. The van der Waals surface area contributed by atoms with Gasteiger partial charge in [-0.3, -0.25) is 4.72 Å². The Bertz CT molecular complexity index is 1190. The lowest BCUT2D eigenvalue weighted by Crippen LogP contribution is -2.29. The fourth-order valence-electron chi connectivity index (χ4n) is 3.74. The maximum Gasteiger partial charge on any atom is 0.246 e. The summed E-state index contributed by atoms with van der Waals surface area (Å²) >= 11 is 0. The van der Waals surface area contributed by atoms with E-state index in [1.807, 2.05) is 18.2 Å². The highest BCUT2D eigenvalue weighted by molar-refractivity contribution is 7.92. The van der Waals surface area contributed by atoms with E-state index in [4.69, 9.17) is 14.0 Å². The second-order valence-corrected chi connectivity index (χ2v) is 9.03. The molecule has 2 aromatic carbocycles. The van der Waals surface area contributed by atoms with Gasteiger partial charge in [0.05, 0.1) is 32.7 Å². The Morgan fingerprint density at radius 1 is 1.16 bits per heavy atom. The number of nitrogens with one attached hydrogen (secondary N) is 1. The fraction of sp³-hybridized carbons (Fsp3) is 0.333. The predicted molar refractivity (Wildman–Crippen MR) is 117 cm³/mol. The minimum Gasteiger partial charge on any atom is -0.493 e. The fourth-order valence-corrected chi connectivity index (χ4v) is 4.33. The SMILES string of the molecule is COc1ccc(-c2noc(CN3CCCc4c(NS(C)(=O)=O)cccc43)n2)cc1OC. The molecule has 0 amide bonds. The van der Waals surface area contributed by atoms with Crippen molar-refractivity contribution in [3.63, 3.8) is 0 Å². The lowest BCUT2D eigenvalue weighted by Gasteiger charge is -2.31. The van der Waals surface area contributed by atoms with E-state index >= 15 is 0 Å². The van der Waals surface area contributed by atoms with E-state index in [1.165, 1.54) is 0 Å². The van der Waals surface area contributed by atoms with Crippen LogP contribution in [0, 0.1) is 0 Å². The van der Waals surface area contributed by atoms with Crippen molar-refractivity contribution in [3.8, 4) is 22.9 Å². The van der Waals surface area contributed by atoms with Gasteiger partial charge in [0.2, 0.25) is 21.7 Å². The summed E-state index contributed by atoms with van der Waals surface area (Å²) in [5.41, 5.74) is 3.30. The van der Waals surface area contributed by atoms with Gasteiger partial charge in [0, 0.05) is 17.8 Å². The number of ether oxygens (including phenoxy) is 2. The van der Waals surface area contributed by atoms with Gasteiger partial charge >= 0.3 is 0 Å². The molecule has 0 atom stereocenters. The van der Waals surface area contributed by atoms with Gasteiger partial charge in [-0.1, -0.05) is 11.2 Å². The summed E-state index contributed by atoms with van der Waals surface area (Å²) in [7, 11) is -0.200. The average molecular weight is 445 g/mol. The first-order chi connectivity index (χ1) is 14.9. The Labute approximate surface area is 181 Å². The molecule has 9 nitrogen and oxygen atoms in total. The van der Waals surface area contributed by atoms with E-state index in [-0.39, 0.29) is 0 Å². The standard InChI is InChI=1S/C21H24N4O5S/c1-28-18-10-9-14(12-19(18)29-2)21-22-20(30-23-21)13-25-11-5-6-15-16(24-31(3,26)27)7-4-8-17(15)25/h4,7-10,12,24H,5-6,11,13H2,1-3H3. The number of aromatic nitrogens is 2. The molecule has 2 heterocycles. The highest BCUT2D eigenvalue weighted by atomic mass is 32.2. The van der Waals surface area contributed by atoms with Crippen molar-refractivity contribution in [2.75, 3.05) is 36.6 Å². The zero-order valence-corrected chi connectivity index (χ0v) is 18.4. The Balaban J connectivity index is 1.57. The summed E-state index contributed by atoms with van der Waals surface area (Å²) in [4.78, 5) is 6.66. The molecule has 0 fully saturated rings. The highest BCUT2D eigenvalue weighted by Gasteiger charge is 2.23. The van der Waals surface area contributed by atoms with Gasteiger partial charge in [0.15, 0.2) is 11.5 Å². The zero-order chi connectivity index (χ0) is 22.0. The molecule has 0 saturated heterocycles. The van der Waals surface area contributed by atoms with Crippen LogP contribution < -0.4 is 19.1 Å². The normalized spacial score (nSPS) is 13.6. The van der Waals surface area contributed by atoms with Gasteiger partial charge in [-0.15, -0.1) is 0 Å². The first-order valence-corrected chi connectivity index (χ1v) is 11.7. The van der Waals surface area contributed by atoms with E-state index in [1.54, 1.807) is 32.4 Å². The van der Waals surface area contributed by atoms with E-state index in [0.717, 1.165) is 42.5 Å². The molecular weight excluding hydrogens is 420 g/mol. The minimum atomic E-state index is -3.35. The Hall–Kier alpha value is -3.27. The molecule has 0 bridgehead atoms. The van der Waals surface area contributed by atoms with Crippen LogP contribution in [0.15, 0.2) is 40.9 Å². The van der Waals surface area contributed by atoms with Crippen LogP contribution in [-0.4, -0.2) is 45.6 Å². The number of benzene rings is 2. The second kappa shape index (κ2) is 8.46. The van der Waals surface area contributed by atoms with E-state index in [9.17, 15) is 8.42 Å². The third-order valence-corrected chi connectivity index (χ3v) is 5.67. The summed E-state index contributed by atoms with van der Waals surface area (Å²) in [6.45, 7) is 1.24. The van der Waals surface area contributed by atoms with Crippen LogP contribution in [0.2, 0.25) is 0 Å². The van der Waals surface area contributed by atoms with Gasteiger partial charge in [-0.05, 0) is 48.7 Å². The average Bonchev–Trinajstić information content (AvgIpc) is 3.21. The monoisotopic (exact) mass is 444 g/mol. The molecule has 0 unspecified atom stereocenters. The van der Waals surface area contributed by atoms with E-state index in [0.29, 0.717) is 35.4 Å². The maximum atomic E-state index is 11.7. The number of sulfonamides is 1. The highest BCUT2D eigenvalue weighted by Crippen LogP contribution is 2.35. The van der Waals surface area contributed by atoms with Crippen LogP contribution in [0.1, 0.15) is 17.9 Å². The number of anilines is 2. The van der Waals surface area contributed by atoms with Crippen LogP contribution in [0.4, 0.5) is 11.4 Å².